The van der Waals surface area contributed by atoms with Gasteiger partial charge in [0.2, 0.25) is 0 Å². The van der Waals surface area contributed by atoms with Gasteiger partial charge in [-0.25, -0.2) is 13.1 Å². The Balaban J connectivity index is 1.28. The van der Waals surface area contributed by atoms with E-state index < -0.39 is 9.84 Å². The van der Waals surface area contributed by atoms with Crippen LogP contribution in [0.3, 0.4) is 0 Å². The lowest BCUT2D eigenvalue weighted by Gasteiger charge is -2.43. The molecule has 11 heteroatoms. The van der Waals surface area contributed by atoms with E-state index in [2.05, 4.69) is 18.7 Å². The maximum absolute atomic E-state index is 13.8. The fourth-order valence-electron chi connectivity index (χ4n) is 6.09. The molecule has 0 unspecified atom stereocenters. The van der Waals surface area contributed by atoms with E-state index in [-0.39, 0.29) is 23.0 Å². The number of aromatic nitrogens is 2. The minimum absolute atomic E-state index is 0.0909. The molecule has 2 aromatic heterocycles. The summed E-state index contributed by atoms with van der Waals surface area (Å²) in [5.41, 5.74) is 2.61. The quantitative estimate of drug-likeness (QED) is 0.256. The predicted molar refractivity (Wildman–Crippen MR) is 171 cm³/mol. The van der Waals surface area contributed by atoms with Gasteiger partial charge in [-0.3, -0.25) is 9.69 Å². The summed E-state index contributed by atoms with van der Waals surface area (Å²) in [6.45, 7) is 7.45. The summed E-state index contributed by atoms with van der Waals surface area (Å²) < 4.78 is 31.9. The molecule has 2 aromatic carbocycles. The number of nitrogens with zero attached hydrogens (tertiary/aromatic N) is 4. The number of benzene rings is 2. The number of para-hydroxylation sites is 1. The van der Waals surface area contributed by atoms with Gasteiger partial charge in [0.15, 0.2) is 15.5 Å². The molecule has 0 spiro atoms. The zero-order chi connectivity index (χ0) is 30.3. The van der Waals surface area contributed by atoms with Crippen molar-refractivity contribution < 1.29 is 17.9 Å². The molecule has 226 valence electrons. The van der Waals surface area contributed by atoms with E-state index in [1.165, 1.54) is 17.6 Å². The van der Waals surface area contributed by atoms with E-state index in [0.29, 0.717) is 35.5 Å². The summed E-state index contributed by atoms with van der Waals surface area (Å²) in [7, 11) is -3.33. The summed E-state index contributed by atoms with van der Waals surface area (Å²) in [6, 6.07) is 20.6. The molecule has 4 aromatic rings. The van der Waals surface area contributed by atoms with Crippen molar-refractivity contribution in [3.05, 3.63) is 77.4 Å². The highest BCUT2D eigenvalue weighted by Gasteiger charge is 2.33. The Morgan fingerprint density at radius 2 is 1.65 bits per heavy atom. The summed E-state index contributed by atoms with van der Waals surface area (Å²) >= 11 is 8.11. The third-order valence-electron chi connectivity index (χ3n) is 8.13. The Labute approximate surface area is 261 Å². The first-order valence-corrected chi connectivity index (χ1v) is 17.6. The Bertz CT molecular complexity index is 1730. The molecule has 43 heavy (non-hydrogen) atoms. The van der Waals surface area contributed by atoms with Crippen molar-refractivity contribution in [2.24, 2.45) is 0 Å². The molecular formula is C32H35ClN4O4S2. The normalized spacial score (nSPS) is 20.4. The SMILES string of the molecule is C[C@@H]1CN(C2CCN(C(=O)c3cc(-c4ccc(-c5cccc(S(C)(=O)=O)c5)s4)n(-c4ccccc4Cl)n3)CC2)C[C@H](C)O1. The molecule has 2 aliphatic rings. The van der Waals surface area contributed by atoms with E-state index in [0.717, 1.165) is 46.9 Å². The monoisotopic (exact) mass is 638 g/mol. The van der Waals surface area contributed by atoms with Gasteiger partial charge in [-0.05, 0) is 74.7 Å². The fourth-order valence-corrected chi connectivity index (χ4v) is 7.98. The van der Waals surface area contributed by atoms with E-state index in [1.807, 2.05) is 47.4 Å². The molecule has 2 aliphatic heterocycles. The first-order chi connectivity index (χ1) is 20.6. The number of likely N-dealkylation sites (tertiary alicyclic amines) is 1. The Kier molecular flexibility index (Phi) is 8.50. The number of ether oxygens (including phenoxy) is 1. The van der Waals surface area contributed by atoms with Gasteiger partial charge >= 0.3 is 0 Å². The second-order valence-electron chi connectivity index (χ2n) is 11.5. The molecule has 4 heterocycles. The number of thiophene rings is 1. The molecule has 0 bridgehead atoms. The number of piperidine rings is 1. The topological polar surface area (TPSA) is 84.7 Å². The Morgan fingerprint density at radius 1 is 0.953 bits per heavy atom. The Morgan fingerprint density at radius 3 is 2.35 bits per heavy atom. The Hall–Kier alpha value is -3.02. The molecule has 2 fully saturated rings. The van der Waals surface area contributed by atoms with Crippen molar-refractivity contribution >= 4 is 38.7 Å². The third-order valence-corrected chi connectivity index (χ3v) is 10.7. The number of halogens is 1. The average Bonchev–Trinajstić information content (AvgIpc) is 3.64. The fraction of sp³-hybridized carbons (Fsp3) is 0.375. The van der Waals surface area contributed by atoms with Crippen molar-refractivity contribution in [2.45, 2.75) is 49.8 Å². The van der Waals surface area contributed by atoms with E-state index in [1.54, 1.807) is 28.9 Å². The van der Waals surface area contributed by atoms with Crippen molar-refractivity contribution in [1.82, 2.24) is 19.6 Å². The molecule has 1 amide bonds. The van der Waals surface area contributed by atoms with Gasteiger partial charge in [-0.2, -0.15) is 5.10 Å². The number of morpholine rings is 1. The number of hydrogen-bond donors (Lipinski definition) is 0. The van der Waals surface area contributed by atoms with Gasteiger partial charge in [-0.1, -0.05) is 35.9 Å². The van der Waals surface area contributed by atoms with Crippen molar-refractivity contribution in [2.75, 3.05) is 32.4 Å². The number of hydrogen-bond acceptors (Lipinski definition) is 7. The summed E-state index contributed by atoms with van der Waals surface area (Å²) in [4.78, 5) is 20.3. The minimum Gasteiger partial charge on any atom is -0.373 e. The van der Waals surface area contributed by atoms with Crippen LogP contribution >= 0.6 is 22.9 Å². The van der Waals surface area contributed by atoms with Crippen LogP contribution in [0.25, 0.3) is 26.7 Å². The molecule has 6 rings (SSSR count). The van der Waals surface area contributed by atoms with Crippen LogP contribution in [0.1, 0.15) is 37.2 Å². The van der Waals surface area contributed by atoms with Gasteiger partial charge in [0.1, 0.15) is 0 Å². The van der Waals surface area contributed by atoms with Gasteiger partial charge in [-0.15, -0.1) is 11.3 Å². The number of sulfone groups is 1. The van der Waals surface area contributed by atoms with Gasteiger partial charge in [0.25, 0.3) is 5.91 Å². The highest BCUT2D eigenvalue weighted by atomic mass is 35.5. The minimum atomic E-state index is -3.33. The van der Waals surface area contributed by atoms with E-state index >= 15 is 0 Å². The van der Waals surface area contributed by atoms with Crippen LogP contribution in [0, 0.1) is 0 Å². The molecule has 0 aliphatic carbocycles. The van der Waals surface area contributed by atoms with Crippen LogP contribution in [0.4, 0.5) is 0 Å². The first-order valence-electron chi connectivity index (χ1n) is 14.5. The summed E-state index contributed by atoms with van der Waals surface area (Å²) in [5, 5.41) is 5.32. The van der Waals surface area contributed by atoms with E-state index in [4.69, 9.17) is 21.4 Å². The standard InChI is InChI=1S/C32H35ClN4O4S2/c1-21-19-36(20-22(2)41-21)24-13-15-35(16-14-24)32(38)27-18-29(37(34-27)28-10-5-4-9-26(28)33)31-12-11-30(42-31)23-7-6-8-25(17-23)43(3,39)40/h4-12,17-18,21-22,24H,13-16,19-20H2,1-3H3/t21-,22+. The highest BCUT2D eigenvalue weighted by Crippen LogP contribution is 2.37. The van der Waals surface area contributed by atoms with Crippen LogP contribution in [-0.2, 0) is 14.6 Å². The molecule has 2 saturated heterocycles. The van der Waals surface area contributed by atoms with E-state index in [9.17, 15) is 13.2 Å². The van der Waals surface area contributed by atoms with Crippen molar-refractivity contribution in [3.8, 4) is 26.7 Å². The van der Waals surface area contributed by atoms with Crippen LogP contribution in [-0.4, -0.2) is 84.6 Å². The lowest BCUT2D eigenvalue weighted by molar-refractivity contribution is -0.0856. The largest absolute Gasteiger partial charge is 0.373 e. The average molecular weight is 639 g/mol. The zero-order valence-corrected chi connectivity index (χ0v) is 26.8. The van der Waals surface area contributed by atoms with Crippen LogP contribution in [0.5, 0.6) is 0 Å². The predicted octanol–water partition coefficient (Wildman–Crippen LogP) is 6.04. The highest BCUT2D eigenvalue weighted by molar-refractivity contribution is 7.90. The van der Waals surface area contributed by atoms with Crippen LogP contribution in [0.2, 0.25) is 5.02 Å². The second kappa shape index (κ2) is 12.2. The first kappa shape index (κ1) is 30.0. The molecular weight excluding hydrogens is 604 g/mol. The maximum Gasteiger partial charge on any atom is 0.274 e. The summed E-state index contributed by atoms with van der Waals surface area (Å²) in [6.07, 6.45) is 3.49. The van der Waals surface area contributed by atoms with Crippen molar-refractivity contribution in [3.63, 3.8) is 0 Å². The maximum atomic E-state index is 13.8. The molecule has 0 N–H and O–H groups in total. The third kappa shape index (κ3) is 6.44. The van der Waals surface area contributed by atoms with Gasteiger partial charge < -0.3 is 9.64 Å². The molecule has 2 atom stereocenters. The van der Waals surface area contributed by atoms with Crippen LogP contribution < -0.4 is 0 Å². The summed E-state index contributed by atoms with van der Waals surface area (Å²) in [5.74, 6) is -0.0909. The van der Waals surface area contributed by atoms with Gasteiger partial charge in [0, 0.05) is 43.4 Å². The van der Waals surface area contributed by atoms with Crippen molar-refractivity contribution in [1.29, 1.82) is 0 Å². The zero-order valence-electron chi connectivity index (χ0n) is 24.4. The number of carbonyl (C=O) groups is 1. The smallest absolute Gasteiger partial charge is 0.274 e. The second-order valence-corrected chi connectivity index (χ2v) is 15.0. The molecule has 0 saturated carbocycles. The number of rotatable bonds is 6. The number of amides is 1. The lowest BCUT2D eigenvalue weighted by atomic mass is 10.0. The molecule has 0 radical (unpaired) electrons. The van der Waals surface area contributed by atoms with Crippen LogP contribution in [0.15, 0.2) is 71.6 Å². The number of carbonyl (C=O) groups excluding carboxylic acids is 1. The lowest BCUT2D eigenvalue weighted by Crippen LogP contribution is -2.53. The van der Waals surface area contributed by atoms with Gasteiger partial charge in [0.05, 0.1) is 38.4 Å². The molecule has 8 nitrogen and oxygen atoms in total.